The molecule has 0 bridgehead atoms. The molecule has 0 saturated carbocycles. The number of benzene rings is 2. The molecule has 11 heteroatoms. The molecule has 43 heavy (non-hydrogen) atoms. The topological polar surface area (TPSA) is 98.8 Å². The molecule has 4 heterocycles. The first kappa shape index (κ1) is 28.6. The van der Waals surface area contributed by atoms with Crippen LogP contribution in [0.15, 0.2) is 82.8 Å². The van der Waals surface area contributed by atoms with E-state index in [0.717, 1.165) is 32.9 Å². The lowest BCUT2D eigenvalue weighted by molar-refractivity contribution is -0.123. The van der Waals surface area contributed by atoms with Gasteiger partial charge in [0.15, 0.2) is 0 Å². The fourth-order valence-electron chi connectivity index (χ4n) is 5.17. The van der Waals surface area contributed by atoms with Crippen molar-refractivity contribution in [2.24, 2.45) is 0 Å². The van der Waals surface area contributed by atoms with Gasteiger partial charge in [0, 0.05) is 11.1 Å². The zero-order valence-corrected chi connectivity index (χ0v) is 25.5. The van der Waals surface area contributed by atoms with Crippen molar-refractivity contribution < 1.29 is 23.5 Å². The Hall–Kier alpha value is -4.48. The molecule has 1 atom stereocenters. The second kappa shape index (κ2) is 12.4. The number of anilines is 1. The number of carbonyl (C=O) groups excluding carboxylic acids is 2. The van der Waals surface area contributed by atoms with E-state index in [0.29, 0.717) is 23.1 Å². The number of thioether (sulfide) groups is 1. The van der Waals surface area contributed by atoms with E-state index < -0.39 is 0 Å². The van der Waals surface area contributed by atoms with Crippen molar-refractivity contribution in [3.05, 3.63) is 101 Å². The SMILES string of the molecule is COc1ccc(OC)c(C2SCC(=O)N(CC(=O)NCc3ccco3)c3c2c(-c2cccs2)nn3-c2ccccc2C)c1. The van der Waals surface area contributed by atoms with E-state index in [4.69, 9.17) is 19.0 Å². The van der Waals surface area contributed by atoms with E-state index in [9.17, 15) is 9.59 Å². The van der Waals surface area contributed by atoms with Crippen LogP contribution in [0.25, 0.3) is 16.3 Å². The third-order valence-electron chi connectivity index (χ3n) is 7.25. The number of thiophene rings is 1. The molecule has 1 unspecified atom stereocenters. The first-order valence-corrected chi connectivity index (χ1v) is 15.6. The summed E-state index contributed by atoms with van der Waals surface area (Å²) in [5.41, 5.74) is 4.22. The number of ether oxygens (including phenoxy) is 2. The van der Waals surface area contributed by atoms with Gasteiger partial charge in [-0.2, -0.15) is 5.10 Å². The van der Waals surface area contributed by atoms with Crippen molar-refractivity contribution in [1.29, 1.82) is 0 Å². The normalized spacial score (nSPS) is 14.7. The number of methoxy groups -OCH3 is 2. The van der Waals surface area contributed by atoms with Gasteiger partial charge >= 0.3 is 0 Å². The van der Waals surface area contributed by atoms with Gasteiger partial charge < -0.3 is 19.2 Å². The van der Waals surface area contributed by atoms with Crippen LogP contribution in [0.2, 0.25) is 0 Å². The van der Waals surface area contributed by atoms with Gasteiger partial charge in [-0.15, -0.1) is 23.1 Å². The Kier molecular flexibility index (Phi) is 8.26. The van der Waals surface area contributed by atoms with E-state index in [1.54, 1.807) is 48.9 Å². The number of aromatic nitrogens is 2. The molecule has 1 aliphatic heterocycles. The Morgan fingerprint density at radius 3 is 2.67 bits per heavy atom. The molecule has 3 aromatic heterocycles. The number of hydrogen-bond acceptors (Lipinski definition) is 8. The van der Waals surface area contributed by atoms with Gasteiger partial charge in [0.05, 0.1) is 48.6 Å². The minimum Gasteiger partial charge on any atom is -0.497 e. The minimum absolute atomic E-state index is 0.142. The number of amides is 2. The van der Waals surface area contributed by atoms with Crippen molar-refractivity contribution in [1.82, 2.24) is 15.1 Å². The Labute approximate surface area is 257 Å². The summed E-state index contributed by atoms with van der Waals surface area (Å²) in [5, 5.41) is 9.70. The maximum Gasteiger partial charge on any atom is 0.240 e. The van der Waals surface area contributed by atoms with Crippen molar-refractivity contribution in [3.63, 3.8) is 0 Å². The van der Waals surface area contributed by atoms with Crippen LogP contribution in [0, 0.1) is 6.92 Å². The van der Waals surface area contributed by atoms with Gasteiger partial charge in [0.1, 0.15) is 35.3 Å². The second-order valence-corrected chi connectivity index (χ2v) is 11.9. The number of carbonyl (C=O) groups is 2. The molecule has 0 aliphatic carbocycles. The van der Waals surface area contributed by atoms with Crippen molar-refractivity contribution in [2.45, 2.75) is 18.7 Å². The van der Waals surface area contributed by atoms with E-state index >= 15 is 0 Å². The zero-order chi connectivity index (χ0) is 29.9. The number of furan rings is 1. The van der Waals surface area contributed by atoms with E-state index in [-0.39, 0.29) is 35.9 Å². The highest BCUT2D eigenvalue weighted by atomic mass is 32.2. The predicted octanol–water partition coefficient (Wildman–Crippen LogP) is 6.01. The minimum atomic E-state index is -0.352. The van der Waals surface area contributed by atoms with Crippen LogP contribution in [-0.2, 0) is 16.1 Å². The average molecular weight is 615 g/mol. The molecular weight excluding hydrogens is 585 g/mol. The highest BCUT2D eigenvalue weighted by Crippen LogP contribution is 2.51. The molecule has 9 nitrogen and oxygen atoms in total. The Bertz CT molecular complexity index is 1750. The van der Waals surface area contributed by atoms with Gasteiger partial charge in [-0.1, -0.05) is 24.3 Å². The van der Waals surface area contributed by atoms with Gasteiger partial charge in [-0.3, -0.25) is 14.5 Å². The fraction of sp³-hybridized carbons (Fsp3) is 0.219. The third kappa shape index (κ3) is 5.65. The second-order valence-electron chi connectivity index (χ2n) is 9.90. The largest absolute Gasteiger partial charge is 0.497 e. The molecule has 1 N–H and O–H groups in total. The van der Waals surface area contributed by atoms with Crippen LogP contribution in [0.3, 0.4) is 0 Å². The van der Waals surface area contributed by atoms with Crippen LogP contribution in [0.5, 0.6) is 11.5 Å². The van der Waals surface area contributed by atoms with Crippen LogP contribution < -0.4 is 19.7 Å². The molecule has 0 fully saturated rings. The summed E-state index contributed by atoms with van der Waals surface area (Å²) < 4.78 is 18.6. The quantitative estimate of drug-likeness (QED) is 0.217. The number of rotatable bonds is 9. The predicted molar refractivity (Wildman–Crippen MR) is 168 cm³/mol. The van der Waals surface area contributed by atoms with Crippen LogP contribution in [-0.4, -0.2) is 48.1 Å². The summed E-state index contributed by atoms with van der Waals surface area (Å²) in [7, 11) is 3.25. The molecule has 0 spiro atoms. The lowest BCUT2D eigenvalue weighted by Crippen LogP contribution is -2.42. The smallest absolute Gasteiger partial charge is 0.240 e. The summed E-state index contributed by atoms with van der Waals surface area (Å²) in [6.45, 7) is 2.04. The molecule has 2 amide bonds. The first-order valence-electron chi connectivity index (χ1n) is 13.6. The fourth-order valence-corrected chi connectivity index (χ4v) is 7.11. The highest BCUT2D eigenvalue weighted by molar-refractivity contribution is 8.00. The average Bonchev–Trinajstić information content (AvgIpc) is 3.80. The summed E-state index contributed by atoms with van der Waals surface area (Å²) in [6.07, 6.45) is 1.56. The number of aryl methyl sites for hydroxylation is 1. The summed E-state index contributed by atoms with van der Waals surface area (Å²) in [4.78, 5) is 29.8. The van der Waals surface area contributed by atoms with E-state index in [2.05, 4.69) is 5.32 Å². The Morgan fingerprint density at radius 2 is 1.95 bits per heavy atom. The maximum atomic E-state index is 14.0. The van der Waals surface area contributed by atoms with Gasteiger partial charge in [0.2, 0.25) is 11.8 Å². The molecule has 5 aromatic rings. The van der Waals surface area contributed by atoms with E-state index in [1.807, 2.05) is 71.6 Å². The van der Waals surface area contributed by atoms with Crippen LogP contribution >= 0.6 is 23.1 Å². The Balaban J connectivity index is 1.57. The highest BCUT2D eigenvalue weighted by Gasteiger charge is 2.39. The summed E-state index contributed by atoms with van der Waals surface area (Å²) in [6, 6.07) is 21.1. The molecule has 2 aromatic carbocycles. The van der Waals surface area contributed by atoms with Crippen LogP contribution in [0.4, 0.5) is 5.82 Å². The molecule has 0 radical (unpaired) electrons. The monoisotopic (exact) mass is 614 g/mol. The zero-order valence-electron chi connectivity index (χ0n) is 23.9. The number of fused-ring (bicyclic) bond motifs is 1. The molecular formula is C32H30N4O5S2. The van der Waals surface area contributed by atoms with Crippen molar-refractivity contribution in [3.8, 4) is 27.8 Å². The molecule has 220 valence electrons. The standard InChI is InChI=1S/C32H30N4O5S2/c1-20-8-4-5-10-24(20)36-32-29(30(34-36)26-11-7-15-42-26)31(23-16-21(39-2)12-13-25(23)40-3)43-19-28(38)35(32)18-27(37)33-17-22-9-6-14-41-22/h4-16,31H,17-19H2,1-3H3,(H,33,37). The maximum absolute atomic E-state index is 14.0. The number of hydrogen-bond donors (Lipinski definition) is 1. The van der Waals surface area contributed by atoms with Crippen molar-refractivity contribution >= 4 is 40.7 Å². The lowest BCUT2D eigenvalue weighted by atomic mass is 10.0. The van der Waals surface area contributed by atoms with Gasteiger partial charge in [-0.05, 0) is 60.3 Å². The van der Waals surface area contributed by atoms with Gasteiger partial charge in [0.25, 0.3) is 0 Å². The third-order valence-corrected chi connectivity index (χ3v) is 9.36. The number of nitrogens with zero attached hydrogens (tertiary/aromatic N) is 3. The number of para-hydroxylation sites is 1. The Morgan fingerprint density at radius 1 is 1.09 bits per heavy atom. The molecule has 0 saturated heterocycles. The summed E-state index contributed by atoms with van der Waals surface area (Å²) >= 11 is 3.05. The first-order chi connectivity index (χ1) is 21.0. The van der Waals surface area contributed by atoms with E-state index in [1.165, 1.54) is 11.8 Å². The number of nitrogens with one attached hydrogen (secondary N) is 1. The lowest BCUT2D eigenvalue weighted by Gasteiger charge is -2.24. The van der Waals surface area contributed by atoms with Crippen LogP contribution in [0.1, 0.15) is 27.7 Å². The molecule has 6 rings (SSSR count). The van der Waals surface area contributed by atoms with Crippen molar-refractivity contribution in [2.75, 3.05) is 31.4 Å². The summed E-state index contributed by atoms with van der Waals surface area (Å²) in [5.74, 6) is 2.15. The van der Waals surface area contributed by atoms with Gasteiger partial charge in [-0.25, -0.2) is 4.68 Å². The molecule has 1 aliphatic rings.